The van der Waals surface area contributed by atoms with Crippen LogP contribution in [0.1, 0.15) is 0 Å². The van der Waals surface area contributed by atoms with Crippen LogP contribution in [0.25, 0.3) is 66.4 Å². The Labute approximate surface area is 311 Å². The number of benzene rings is 9. The summed E-state index contributed by atoms with van der Waals surface area (Å²) in [4.78, 5) is 2.43. The molecular weight excluding hydrogens is 639 g/mol. The Hall–Kier alpha value is -6.96. The molecule has 0 unspecified atom stereocenters. The molecule has 0 amide bonds. The van der Waals surface area contributed by atoms with Gasteiger partial charge in [0.1, 0.15) is 0 Å². The molecule has 9 rings (SSSR count). The summed E-state index contributed by atoms with van der Waals surface area (Å²) in [6, 6.07) is 80.8. The summed E-state index contributed by atoms with van der Waals surface area (Å²) in [5.41, 5.74) is 15.2. The Morgan fingerprint density at radius 3 is 1.28 bits per heavy atom. The molecule has 53 heavy (non-hydrogen) atoms. The van der Waals surface area contributed by atoms with Gasteiger partial charge >= 0.3 is 0 Å². The van der Waals surface area contributed by atoms with Crippen LogP contribution < -0.4 is 4.90 Å². The predicted octanol–water partition coefficient (Wildman–Crippen LogP) is 14.6. The highest BCUT2D eigenvalue weighted by Crippen LogP contribution is 2.45. The summed E-state index contributed by atoms with van der Waals surface area (Å²) in [5.74, 6) is 0. The summed E-state index contributed by atoms with van der Waals surface area (Å²) in [6.07, 6.45) is 0. The van der Waals surface area contributed by atoms with E-state index < -0.39 is 0 Å². The lowest BCUT2D eigenvalue weighted by molar-refractivity contribution is 1.28. The minimum atomic E-state index is 1.09. The number of nitrogens with zero attached hydrogens (tertiary/aromatic N) is 1. The number of para-hydroxylation sites is 2. The highest BCUT2D eigenvalue weighted by molar-refractivity contribution is 5.98. The van der Waals surface area contributed by atoms with Crippen molar-refractivity contribution >= 4 is 27.8 Å². The minimum absolute atomic E-state index is 1.09. The fraction of sp³-hybridized carbons (Fsp3) is 0. The fourth-order valence-electron chi connectivity index (χ4n) is 7.47. The largest absolute Gasteiger partial charge is 0.309 e. The van der Waals surface area contributed by atoms with Crippen molar-refractivity contribution in [3.05, 3.63) is 224 Å². The Morgan fingerprint density at radius 2 is 0.642 bits per heavy atom. The molecule has 0 fully saturated rings. The van der Waals surface area contributed by atoms with Gasteiger partial charge in [0.2, 0.25) is 0 Å². The van der Waals surface area contributed by atoms with Gasteiger partial charge in [-0.05, 0) is 85.6 Å². The van der Waals surface area contributed by atoms with E-state index in [0.29, 0.717) is 0 Å². The van der Waals surface area contributed by atoms with Gasteiger partial charge in [-0.15, -0.1) is 0 Å². The zero-order valence-electron chi connectivity index (χ0n) is 29.3. The van der Waals surface area contributed by atoms with Crippen molar-refractivity contribution in [1.82, 2.24) is 0 Å². The van der Waals surface area contributed by atoms with E-state index in [-0.39, 0.29) is 0 Å². The first-order valence-electron chi connectivity index (χ1n) is 18.2. The maximum absolute atomic E-state index is 2.43. The van der Waals surface area contributed by atoms with Gasteiger partial charge in [0.25, 0.3) is 0 Å². The molecular formula is C52H37N. The first-order chi connectivity index (χ1) is 26.3. The van der Waals surface area contributed by atoms with Gasteiger partial charge in [-0.3, -0.25) is 0 Å². The van der Waals surface area contributed by atoms with Crippen molar-refractivity contribution < 1.29 is 0 Å². The number of anilines is 3. The van der Waals surface area contributed by atoms with Crippen LogP contribution in [0.4, 0.5) is 17.1 Å². The lowest BCUT2D eigenvalue weighted by Crippen LogP contribution is -2.12. The van der Waals surface area contributed by atoms with Crippen LogP contribution in [-0.2, 0) is 0 Å². The number of rotatable bonds is 8. The third-order valence-electron chi connectivity index (χ3n) is 10.1. The predicted molar refractivity (Wildman–Crippen MR) is 226 cm³/mol. The van der Waals surface area contributed by atoms with Gasteiger partial charge in [0, 0.05) is 16.8 Å². The average Bonchev–Trinajstić information content (AvgIpc) is 3.25. The van der Waals surface area contributed by atoms with E-state index in [4.69, 9.17) is 0 Å². The Bertz CT molecular complexity index is 2640. The first kappa shape index (κ1) is 32.0. The monoisotopic (exact) mass is 675 g/mol. The molecule has 0 heterocycles. The van der Waals surface area contributed by atoms with E-state index in [0.717, 1.165) is 22.6 Å². The summed E-state index contributed by atoms with van der Waals surface area (Å²) < 4.78 is 0. The summed E-state index contributed by atoms with van der Waals surface area (Å²) in [6.45, 7) is 0. The van der Waals surface area contributed by atoms with E-state index in [2.05, 4.69) is 229 Å². The van der Waals surface area contributed by atoms with Gasteiger partial charge in [-0.25, -0.2) is 0 Å². The van der Waals surface area contributed by atoms with Crippen LogP contribution in [-0.4, -0.2) is 0 Å². The number of fused-ring (bicyclic) bond motifs is 1. The molecule has 0 saturated heterocycles. The lowest BCUT2D eigenvalue weighted by atomic mass is 9.94. The van der Waals surface area contributed by atoms with E-state index in [1.807, 2.05) is 0 Å². The molecule has 0 spiro atoms. The van der Waals surface area contributed by atoms with Crippen molar-refractivity contribution in [2.75, 3.05) is 4.90 Å². The minimum Gasteiger partial charge on any atom is -0.309 e. The third-order valence-corrected chi connectivity index (χ3v) is 10.1. The van der Waals surface area contributed by atoms with Crippen molar-refractivity contribution in [3.8, 4) is 55.6 Å². The molecule has 0 aliphatic rings. The summed E-state index contributed by atoms with van der Waals surface area (Å²) in [5, 5.41) is 2.50. The molecule has 0 bridgehead atoms. The van der Waals surface area contributed by atoms with Crippen molar-refractivity contribution in [3.63, 3.8) is 0 Å². The smallest absolute Gasteiger partial charge is 0.0540 e. The SMILES string of the molecule is c1ccc(-c2ccc(-c3ccccc3N(c3ccc(-c4ccccc4)cc3)c3ccccc3-c3cccc(-c4cccc5ccccc45)c3)cc2)cc1. The highest BCUT2D eigenvalue weighted by Gasteiger charge is 2.21. The third kappa shape index (κ3) is 6.42. The second-order valence-electron chi connectivity index (χ2n) is 13.3. The van der Waals surface area contributed by atoms with Crippen LogP contribution >= 0.6 is 0 Å². The Balaban J connectivity index is 1.20. The zero-order valence-corrected chi connectivity index (χ0v) is 29.3. The van der Waals surface area contributed by atoms with Crippen LogP contribution in [0.5, 0.6) is 0 Å². The van der Waals surface area contributed by atoms with Gasteiger partial charge in [-0.2, -0.15) is 0 Å². The molecule has 0 atom stereocenters. The first-order valence-corrected chi connectivity index (χ1v) is 18.2. The maximum atomic E-state index is 2.43. The second kappa shape index (κ2) is 14.3. The zero-order chi connectivity index (χ0) is 35.4. The van der Waals surface area contributed by atoms with E-state index in [1.165, 1.54) is 60.8 Å². The second-order valence-corrected chi connectivity index (χ2v) is 13.3. The molecule has 1 nitrogen and oxygen atoms in total. The van der Waals surface area contributed by atoms with Crippen molar-refractivity contribution in [1.29, 1.82) is 0 Å². The standard InChI is InChI=1S/C52H37N/c1-3-15-38(16-4-1)40-29-31-43(32-30-40)49-24-9-11-27-51(49)53(46-35-33-41(34-36-46)39-17-5-2-6-18-39)52-28-12-10-25-50(52)45-22-13-21-44(37-45)48-26-14-20-42-19-7-8-23-47(42)48/h1-37H. The maximum Gasteiger partial charge on any atom is 0.0540 e. The van der Waals surface area contributed by atoms with Crippen molar-refractivity contribution in [2.45, 2.75) is 0 Å². The van der Waals surface area contributed by atoms with Gasteiger partial charge < -0.3 is 4.90 Å². The topological polar surface area (TPSA) is 3.24 Å². The molecule has 0 N–H and O–H groups in total. The van der Waals surface area contributed by atoms with E-state index >= 15 is 0 Å². The molecule has 9 aromatic carbocycles. The van der Waals surface area contributed by atoms with E-state index in [9.17, 15) is 0 Å². The van der Waals surface area contributed by atoms with Gasteiger partial charge in [0.05, 0.1) is 11.4 Å². The molecule has 1 heteroatoms. The molecule has 9 aromatic rings. The molecule has 0 aliphatic heterocycles. The Kier molecular flexibility index (Phi) is 8.66. The molecule has 0 aromatic heterocycles. The quantitative estimate of drug-likeness (QED) is 0.155. The van der Waals surface area contributed by atoms with Gasteiger partial charge in [-0.1, -0.05) is 194 Å². The highest BCUT2D eigenvalue weighted by atomic mass is 15.1. The average molecular weight is 676 g/mol. The lowest BCUT2D eigenvalue weighted by Gasteiger charge is -2.30. The molecule has 250 valence electrons. The number of hydrogen-bond acceptors (Lipinski definition) is 1. The fourth-order valence-corrected chi connectivity index (χ4v) is 7.47. The van der Waals surface area contributed by atoms with Gasteiger partial charge in [0.15, 0.2) is 0 Å². The normalized spacial score (nSPS) is 11.0. The summed E-state index contributed by atoms with van der Waals surface area (Å²) >= 11 is 0. The van der Waals surface area contributed by atoms with E-state index in [1.54, 1.807) is 0 Å². The molecule has 0 aliphatic carbocycles. The summed E-state index contributed by atoms with van der Waals surface area (Å²) in [7, 11) is 0. The van der Waals surface area contributed by atoms with Crippen LogP contribution in [0.3, 0.4) is 0 Å². The Morgan fingerprint density at radius 1 is 0.245 bits per heavy atom. The number of hydrogen-bond donors (Lipinski definition) is 0. The molecule has 0 radical (unpaired) electrons. The molecule has 0 saturated carbocycles. The van der Waals surface area contributed by atoms with Crippen molar-refractivity contribution in [2.24, 2.45) is 0 Å². The van der Waals surface area contributed by atoms with Crippen LogP contribution in [0, 0.1) is 0 Å². The van der Waals surface area contributed by atoms with Crippen LogP contribution in [0.15, 0.2) is 224 Å². The van der Waals surface area contributed by atoms with Crippen LogP contribution in [0.2, 0.25) is 0 Å².